The van der Waals surface area contributed by atoms with Gasteiger partial charge in [-0.25, -0.2) is 0 Å². The smallest absolute Gasteiger partial charge is 0.0803 e. The van der Waals surface area contributed by atoms with Gasteiger partial charge in [-0.15, -0.1) is 0 Å². The third kappa shape index (κ3) is 3.49. The summed E-state index contributed by atoms with van der Waals surface area (Å²) in [5.41, 5.74) is 0. The Morgan fingerprint density at radius 1 is 1.19 bits per heavy atom. The number of allylic oxidation sites excluding steroid dienone is 2. The maximum absolute atomic E-state index is 2.48. The number of rotatable bonds is 6. The summed E-state index contributed by atoms with van der Waals surface area (Å²) in [7, 11) is 2.38. The highest BCUT2D eigenvalue weighted by Crippen LogP contribution is 2.42. The van der Waals surface area contributed by atoms with E-state index < -0.39 is 0 Å². The van der Waals surface area contributed by atoms with Crippen LogP contribution >= 0.6 is 0 Å². The predicted molar refractivity (Wildman–Crippen MR) is 65.0 cm³/mol. The van der Waals surface area contributed by atoms with Gasteiger partial charge in [0.2, 0.25) is 0 Å². The number of hydrogen-bond acceptors (Lipinski definition) is 0. The van der Waals surface area contributed by atoms with Crippen molar-refractivity contribution in [1.82, 2.24) is 0 Å². The molecule has 0 aliphatic heterocycles. The number of nitrogens with one attached hydrogen (secondary N) is 1. The molecule has 0 spiro atoms. The lowest BCUT2D eigenvalue weighted by Gasteiger charge is -2.22. The fourth-order valence-corrected chi connectivity index (χ4v) is 3.36. The van der Waals surface area contributed by atoms with Crippen molar-refractivity contribution in [3.63, 3.8) is 0 Å². The Morgan fingerprint density at radius 3 is 2.56 bits per heavy atom. The van der Waals surface area contributed by atoms with E-state index in [2.05, 4.69) is 26.1 Å². The first-order valence-electron chi connectivity index (χ1n) is 6.79. The van der Waals surface area contributed by atoms with Gasteiger partial charge in [0, 0.05) is 5.92 Å². The van der Waals surface area contributed by atoms with Crippen molar-refractivity contribution in [3.8, 4) is 0 Å². The predicted octanol–water partition coefficient (Wildman–Crippen LogP) is -1.09. The molecule has 4 atom stereocenters. The third-order valence-corrected chi connectivity index (χ3v) is 4.23. The van der Waals surface area contributed by atoms with Crippen LogP contribution in [0.25, 0.3) is 0 Å². The van der Waals surface area contributed by atoms with Crippen molar-refractivity contribution >= 4 is 0 Å². The first-order chi connectivity index (χ1) is 7.29. The first-order valence-corrected chi connectivity index (χ1v) is 6.79. The fraction of sp³-hybridized carbons (Fsp3) is 0.857. The normalized spacial score (nSPS) is 32.8. The molecule has 1 N–H and O–H groups in total. The minimum absolute atomic E-state index is 0. The highest BCUT2D eigenvalue weighted by molar-refractivity contribution is 5.09. The van der Waals surface area contributed by atoms with Crippen molar-refractivity contribution in [2.75, 3.05) is 20.1 Å². The molecule has 0 aromatic heterocycles. The van der Waals surface area contributed by atoms with Crippen LogP contribution in [0.1, 0.15) is 39.0 Å². The summed E-state index contributed by atoms with van der Waals surface area (Å²) in [6, 6.07) is 0. The molecule has 94 valence electrons. The lowest BCUT2D eigenvalue weighted by atomic mass is 9.93. The van der Waals surface area contributed by atoms with Crippen LogP contribution in [0.2, 0.25) is 0 Å². The second-order valence-electron chi connectivity index (χ2n) is 5.66. The Labute approximate surface area is 107 Å². The van der Waals surface area contributed by atoms with Crippen molar-refractivity contribution in [2.45, 2.75) is 39.0 Å². The summed E-state index contributed by atoms with van der Waals surface area (Å²) in [6.07, 6.45) is 12.1. The molecule has 16 heavy (non-hydrogen) atoms. The molecule has 0 saturated heterocycles. The minimum Gasteiger partial charge on any atom is -1.00 e. The molecule has 4 unspecified atom stereocenters. The molecule has 0 aromatic carbocycles. The molecule has 1 saturated carbocycles. The largest absolute Gasteiger partial charge is 1.00 e. The minimum atomic E-state index is 0. The molecule has 0 heterocycles. The highest BCUT2D eigenvalue weighted by Gasteiger charge is 2.37. The quantitative estimate of drug-likeness (QED) is 0.447. The molecule has 2 aliphatic rings. The molecule has 1 nitrogen and oxygen atoms in total. The van der Waals surface area contributed by atoms with Crippen LogP contribution < -0.4 is 17.3 Å². The van der Waals surface area contributed by atoms with Crippen molar-refractivity contribution < 1.29 is 17.3 Å². The molecule has 1 fully saturated rings. The molecule has 2 bridgehead atoms. The van der Waals surface area contributed by atoms with Crippen molar-refractivity contribution in [3.05, 3.63) is 12.2 Å². The van der Waals surface area contributed by atoms with E-state index in [1.54, 1.807) is 4.90 Å². The lowest BCUT2D eigenvalue weighted by Crippen LogP contribution is -3.09. The zero-order valence-corrected chi connectivity index (χ0v) is 11.5. The van der Waals surface area contributed by atoms with Gasteiger partial charge in [-0.05, 0) is 37.5 Å². The summed E-state index contributed by atoms with van der Waals surface area (Å²) in [6.45, 7) is 5.08. The Balaban J connectivity index is 0.00000128. The molecule has 0 amide bonds. The summed E-state index contributed by atoms with van der Waals surface area (Å²) in [5.74, 6) is 2.89. The first kappa shape index (κ1) is 14.1. The topological polar surface area (TPSA) is 4.44 Å². The number of quaternary nitrogens is 1. The van der Waals surface area contributed by atoms with E-state index in [1.165, 1.54) is 45.2 Å². The van der Waals surface area contributed by atoms with E-state index in [4.69, 9.17) is 0 Å². The summed E-state index contributed by atoms with van der Waals surface area (Å²) in [5, 5.41) is 0. The van der Waals surface area contributed by atoms with Crippen LogP contribution in [0.3, 0.4) is 0 Å². The van der Waals surface area contributed by atoms with E-state index in [0.29, 0.717) is 0 Å². The second kappa shape index (κ2) is 6.66. The molecule has 2 rings (SSSR count). The Kier molecular flexibility index (Phi) is 5.85. The van der Waals surface area contributed by atoms with Gasteiger partial charge in [0.1, 0.15) is 0 Å². The average molecular weight is 244 g/mol. The van der Waals surface area contributed by atoms with Crippen LogP contribution in [-0.4, -0.2) is 20.1 Å². The van der Waals surface area contributed by atoms with Gasteiger partial charge >= 0.3 is 0 Å². The Bertz CT molecular complexity index is 227. The highest BCUT2D eigenvalue weighted by atomic mass is 35.5. The van der Waals surface area contributed by atoms with Crippen LogP contribution in [0.4, 0.5) is 0 Å². The van der Waals surface area contributed by atoms with Gasteiger partial charge in [0.25, 0.3) is 0 Å². The summed E-state index contributed by atoms with van der Waals surface area (Å²) in [4.78, 5) is 1.76. The standard InChI is InChI=1S/C14H25N.ClH/c1-3-4-5-8-15(2)11-14-10-12-6-7-13(14)9-12;/h6-7,12-14H,3-5,8-11H2,1-2H3;1H. The van der Waals surface area contributed by atoms with Crippen LogP contribution in [0.5, 0.6) is 0 Å². The van der Waals surface area contributed by atoms with Gasteiger partial charge in [-0.3, -0.25) is 0 Å². The second-order valence-corrected chi connectivity index (χ2v) is 5.66. The molecular weight excluding hydrogens is 218 g/mol. The monoisotopic (exact) mass is 243 g/mol. The Hall–Kier alpha value is -0.0100. The lowest BCUT2D eigenvalue weighted by molar-refractivity contribution is -0.883. The average Bonchev–Trinajstić information content (AvgIpc) is 2.79. The third-order valence-electron chi connectivity index (χ3n) is 4.23. The molecule has 0 radical (unpaired) electrons. The van der Waals surface area contributed by atoms with Gasteiger partial charge in [-0.2, -0.15) is 0 Å². The zero-order chi connectivity index (χ0) is 10.7. The maximum atomic E-state index is 2.48. The number of unbranched alkanes of at least 4 members (excludes halogenated alkanes) is 2. The number of halogens is 1. The molecule has 2 aliphatic carbocycles. The fourth-order valence-electron chi connectivity index (χ4n) is 3.36. The Morgan fingerprint density at radius 2 is 2.00 bits per heavy atom. The van der Waals surface area contributed by atoms with E-state index in [-0.39, 0.29) is 12.4 Å². The van der Waals surface area contributed by atoms with Crippen molar-refractivity contribution in [2.24, 2.45) is 17.8 Å². The van der Waals surface area contributed by atoms with Gasteiger partial charge < -0.3 is 17.3 Å². The van der Waals surface area contributed by atoms with E-state index >= 15 is 0 Å². The molecular formula is C14H26ClN. The van der Waals surface area contributed by atoms with Gasteiger partial charge in [0.15, 0.2) is 0 Å². The van der Waals surface area contributed by atoms with Crippen LogP contribution in [0.15, 0.2) is 12.2 Å². The number of fused-ring (bicyclic) bond motifs is 2. The summed E-state index contributed by atoms with van der Waals surface area (Å²) >= 11 is 0. The van der Waals surface area contributed by atoms with E-state index in [9.17, 15) is 0 Å². The van der Waals surface area contributed by atoms with Gasteiger partial charge in [0.05, 0.1) is 20.1 Å². The SMILES string of the molecule is CCCCC[NH+](C)CC1CC2C=CC1C2.[Cl-]. The molecule has 2 heteroatoms. The number of hydrogen-bond donors (Lipinski definition) is 1. The molecule has 0 aromatic rings. The van der Waals surface area contributed by atoms with Crippen LogP contribution in [-0.2, 0) is 0 Å². The van der Waals surface area contributed by atoms with Crippen molar-refractivity contribution in [1.29, 1.82) is 0 Å². The van der Waals surface area contributed by atoms with E-state index in [0.717, 1.165) is 17.8 Å². The van der Waals surface area contributed by atoms with Gasteiger partial charge in [-0.1, -0.05) is 25.5 Å². The summed E-state index contributed by atoms with van der Waals surface area (Å²) < 4.78 is 0. The van der Waals surface area contributed by atoms with E-state index in [1.807, 2.05) is 0 Å². The van der Waals surface area contributed by atoms with Crippen LogP contribution in [0, 0.1) is 17.8 Å². The maximum Gasteiger partial charge on any atom is 0.0803 e. The zero-order valence-electron chi connectivity index (χ0n) is 10.7.